The Morgan fingerprint density at radius 3 is 2.70 bits per heavy atom. The van der Waals surface area contributed by atoms with Crippen LogP contribution in [0.1, 0.15) is 11.4 Å². The molecule has 0 aliphatic rings. The van der Waals surface area contributed by atoms with Crippen molar-refractivity contribution in [1.82, 2.24) is 19.6 Å². The van der Waals surface area contributed by atoms with Crippen LogP contribution in [0.2, 0.25) is 5.15 Å². The van der Waals surface area contributed by atoms with Gasteiger partial charge in [-0.1, -0.05) is 11.6 Å². The first-order valence-corrected chi connectivity index (χ1v) is 7.28. The lowest BCUT2D eigenvalue weighted by Crippen LogP contribution is -2.01. The zero-order valence-corrected chi connectivity index (χ0v) is 13.6. The van der Waals surface area contributed by atoms with E-state index in [1.165, 1.54) is 12.1 Å². The lowest BCUT2D eigenvalue weighted by molar-refractivity contribution is 0.627. The number of fused-ring (bicyclic) bond motifs is 1. The molecule has 0 bridgehead atoms. The number of rotatable bonds is 1. The van der Waals surface area contributed by atoms with Crippen LogP contribution in [0.5, 0.6) is 0 Å². The van der Waals surface area contributed by atoms with Crippen molar-refractivity contribution in [2.24, 2.45) is 0 Å². The number of nitrogens with zero attached hydrogens (tertiary/aromatic N) is 4. The van der Waals surface area contributed by atoms with Crippen LogP contribution in [0.25, 0.3) is 17.0 Å². The zero-order valence-electron chi connectivity index (χ0n) is 10.7. The Labute approximate surface area is 133 Å². The van der Waals surface area contributed by atoms with Gasteiger partial charge in [-0.3, -0.25) is 4.40 Å². The Balaban J connectivity index is 2.38. The van der Waals surface area contributed by atoms with Crippen LogP contribution >= 0.6 is 34.2 Å². The molecule has 0 atom stereocenters. The lowest BCUT2D eigenvalue weighted by Gasteiger charge is -2.08. The first kappa shape index (κ1) is 13.7. The summed E-state index contributed by atoms with van der Waals surface area (Å²) in [6, 6.07) is 4.56. The molecule has 0 radical (unpaired) electrons. The molecular weight excluding hydrogens is 394 g/mol. The number of hydrogen-bond donors (Lipinski definition) is 0. The highest BCUT2D eigenvalue weighted by Crippen LogP contribution is 2.28. The van der Waals surface area contributed by atoms with Gasteiger partial charge < -0.3 is 0 Å². The summed E-state index contributed by atoms with van der Waals surface area (Å²) in [5.41, 5.74) is 3.03. The first-order chi connectivity index (χ1) is 9.49. The van der Waals surface area contributed by atoms with Gasteiger partial charge in [0, 0.05) is 14.8 Å². The maximum Gasteiger partial charge on any atom is 0.199 e. The van der Waals surface area contributed by atoms with Gasteiger partial charge in [-0.05, 0) is 54.6 Å². The van der Waals surface area contributed by atoms with Crippen molar-refractivity contribution in [2.75, 3.05) is 0 Å². The smallest absolute Gasteiger partial charge is 0.199 e. The second-order valence-corrected chi connectivity index (χ2v) is 5.90. The highest BCUT2D eigenvalue weighted by atomic mass is 127. The van der Waals surface area contributed by atoms with Gasteiger partial charge in [-0.2, -0.15) is 0 Å². The lowest BCUT2D eigenvalue weighted by atomic mass is 10.2. The number of hydrogen-bond acceptors (Lipinski definition) is 3. The van der Waals surface area contributed by atoms with Gasteiger partial charge in [0.15, 0.2) is 16.6 Å². The Bertz CT molecular complexity index is 831. The van der Waals surface area contributed by atoms with Crippen molar-refractivity contribution in [3.8, 4) is 11.4 Å². The number of halogens is 3. The molecular formula is C13H9ClFIN4. The van der Waals surface area contributed by atoms with E-state index in [1.807, 2.05) is 18.2 Å². The summed E-state index contributed by atoms with van der Waals surface area (Å²) in [5, 5.41) is 8.57. The minimum Gasteiger partial charge on any atom is -0.275 e. The van der Waals surface area contributed by atoms with E-state index in [1.54, 1.807) is 6.07 Å². The van der Waals surface area contributed by atoms with E-state index in [0.717, 1.165) is 20.5 Å². The van der Waals surface area contributed by atoms with Crippen LogP contribution in [0, 0.1) is 23.2 Å². The van der Waals surface area contributed by atoms with E-state index in [4.69, 9.17) is 11.6 Å². The van der Waals surface area contributed by atoms with Gasteiger partial charge in [-0.15, -0.1) is 10.2 Å². The van der Waals surface area contributed by atoms with E-state index < -0.39 is 0 Å². The van der Waals surface area contributed by atoms with Crippen molar-refractivity contribution in [2.45, 2.75) is 13.8 Å². The van der Waals surface area contributed by atoms with Gasteiger partial charge in [0.2, 0.25) is 0 Å². The van der Waals surface area contributed by atoms with Gasteiger partial charge in [-0.25, -0.2) is 9.37 Å². The summed E-state index contributed by atoms with van der Waals surface area (Å²) in [7, 11) is 0. The summed E-state index contributed by atoms with van der Waals surface area (Å²) < 4.78 is 15.8. The van der Waals surface area contributed by atoms with Crippen LogP contribution in [0.3, 0.4) is 0 Å². The largest absolute Gasteiger partial charge is 0.275 e. The molecule has 7 heteroatoms. The van der Waals surface area contributed by atoms with Crippen LogP contribution in [0.15, 0.2) is 18.2 Å². The van der Waals surface area contributed by atoms with Gasteiger partial charge in [0.1, 0.15) is 5.82 Å². The van der Waals surface area contributed by atoms with E-state index in [0.29, 0.717) is 16.6 Å². The molecule has 0 aliphatic heterocycles. The molecule has 0 spiro atoms. The maximum atomic E-state index is 13.2. The molecule has 4 nitrogen and oxygen atoms in total. The fraction of sp³-hybridized carbons (Fsp3) is 0.154. The molecule has 2 heterocycles. The van der Waals surface area contributed by atoms with Crippen LogP contribution in [-0.4, -0.2) is 19.6 Å². The van der Waals surface area contributed by atoms with Crippen molar-refractivity contribution >= 4 is 39.8 Å². The molecule has 2 aromatic heterocycles. The third kappa shape index (κ3) is 2.07. The average molecular weight is 403 g/mol. The summed E-state index contributed by atoms with van der Waals surface area (Å²) in [5.74, 6) is 0.355. The average Bonchev–Trinajstić information content (AvgIpc) is 2.81. The molecule has 20 heavy (non-hydrogen) atoms. The van der Waals surface area contributed by atoms with Crippen molar-refractivity contribution in [3.63, 3.8) is 0 Å². The fourth-order valence-corrected chi connectivity index (χ4v) is 2.99. The Kier molecular flexibility index (Phi) is 3.37. The number of benzene rings is 1. The van der Waals surface area contributed by atoms with Crippen molar-refractivity contribution < 1.29 is 4.39 Å². The molecule has 3 rings (SSSR count). The third-order valence-electron chi connectivity index (χ3n) is 3.14. The summed E-state index contributed by atoms with van der Waals surface area (Å²) >= 11 is 8.18. The summed E-state index contributed by atoms with van der Waals surface area (Å²) in [6.45, 7) is 3.80. The topological polar surface area (TPSA) is 43.1 Å². The molecule has 3 aromatic rings. The molecule has 0 unspecified atom stereocenters. The van der Waals surface area contributed by atoms with Gasteiger partial charge >= 0.3 is 0 Å². The van der Waals surface area contributed by atoms with E-state index >= 15 is 0 Å². The minimum absolute atomic E-state index is 0.278. The maximum absolute atomic E-state index is 13.2. The molecule has 0 saturated carbocycles. The molecule has 0 fully saturated rings. The quantitative estimate of drug-likeness (QED) is 0.582. The minimum atomic E-state index is -0.278. The molecule has 1 aromatic carbocycles. The standard InChI is InChI=1S/C13H9ClFIN4/c1-6-7(2)20-12(18-19-13(20)11(14)17-6)9-4-3-8(15)5-10(9)16/h3-5H,1-2H3. The van der Waals surface area contributed by atoms with Crippen molar-refractivity contribution in [3.05, 3.63) is 44.1 Å². The fourth-order valence-electron chi connectivity index (χ4n) is 2.02. The molecule has 0 N–H and O–H groups in total. The normalized spacial score (nSPS) is 11.2. The highest BCUT2D eigenvalue weighted by molar-refractivity contribution is 14.1. The van der Waals surface area contributed by atoms with Gasteiger partial charge in [0.25, 0.3) is 0 Å². The summed E-state index contributed by atoms with van der Waals surface area (Å²) in [6.07, 6.45) is 0. The Hall–Kier alpha value is -1.28. The molecule has 102 valence electrons. The second-order valence-electron chi connectivity index (χ2n) is 4.38. The van der Waals surface area contributed by atoms with E-state index in [9.17, 15) is 4.39 Å². The second kappa shape index (κ2) is 4.92. The van der Waals surface area contributed by atoms with E-state index in [-0.39, 0.29) is 5.82 Å². The third-order valence-corrected chi connectivity index (χ3v) is 4.29. The highest BCUT2D eigenvalue weighted by Gasteiger charge is 2.17. The molecule has 0 saturated heterocycles. The Morgan fingerprint density at radius 2 is 2.00 bits per heavy atom. The molecule has 0 amide bonds. The molecule has 0 aliphatic carbocycles. The van der Waals surface area contributed by atoms with Crippen LogP contribution < -0.4 is 0 Å². The summed E-state index contributed by atoms with van der Waals surface area (Å²) in [4.78, 5) is 4.23. The zero-order chi connectivity index (χ0) is 14.4. The van der Waals surface area contributed by atoms with Crippen LogP contribution in [0.4, 0.5) is 4.39 Å². The predicted octanol–water partition coefficient (Wildman–Crippen LogP) is 3.81. The monoisotopic (exact) mass is 402 g/mol. The van der Waals surface area contributed by atoms with E-state index in [2.05, 4.69) is 37.8 Å². The SMILES string of the molecule is Cc1nc(Cl)c2nnc(-c3ccc(F)cc3I)n2c1C. The predicted molar refractivity (Wildman–Crippen MR) is 83.4 cm³/mol. The first-order valence-electron chi connectivity index (χ1n) is 5.82. The Morgan fingerprint density at radius 1 is 1.25 bits per heavy atom. The number of aromatic nitrogens is 4. The number of aryl methyl sites for hydroxylation is 2. The van der Waals surface area contributed by atoms with Crippen molar-refractivity contribution in [1.29, 1.82) is 0 Å². The van der Waals surface area contributed by atoms with Crippen LogP contribution in [-0.2, 0) is 0 Å². The van der Waals surface area contributed by atoms with Gasteiger partial charge in [0.05, 0.1) is 5.69 Å².